The minimum Gasteiger partial charge on any atom is -0.478 e. The maximum Gasteiger partial charge on any atom is 0.335 e. The summed E-state index contributed by atoms with van der Waals surface area (Å²) >= 11 is 0. The first kappa shape index (κ1) is 19.0. The van der Waals surface area contributed by atoms with Crippen molar-refractivity contribution in [3.8, 4) is 0 Å². The summed E-state index contributed by atoms with van der Waals surface area (Å²) < 4.78 is 5.50. The Balaban J connectivity index is 1.61. The highest BCUT2D eigenvalue weighted by Crippen LogP contribution is 2.25. The molecule has 3 aromatic rings. The third kappa shape index (κ3) is 4.59. The van der Waals surface area contributed by atoms with Crippen LogP contribution in [0.5, 0.6) is 0 Å². The first-order valence-electron chi connectivity index (χ1n) is 9.52. The van der Waals surface area contributed by atoms with Crippen molar-refractivity contribution in [2.45, 2.75) is 6.42 Å². The van der Waals surface area contributed by atoms with Crippen LogP contribution in [0.4, 0.5) is 11.6 Å². The number of rotatable bonds is 6. The van der Waals surface area contributed by atoms with Crippen molar-refractivity contribution in [2.75, 3.05) is 31.3 Å². The topological polar surface area (TPSA) is 78.8 Å². The van der Waals surface area contributed by atoms with E-state index in [1.54, 1.807) is 18.3 Å². The Hall–Kier alpha value is -3.29. The smallest absolute Gasteiger partial charge is 0.335 e. The van der Waals surface area contributed by atoms with Crippen LogP contribution in [0, 0.1) is 0 Å². The Morgan fingerprint density at radius 1 is 1.03 bits per heavy atom. The number of carboxylic acid groups (broad SMARTS) is 1. The maximum atomic E-state index is 11.0. The molecule has 0 radical (unpaired) electrons. The summed E-state index contributed by atoms with van der Waals surface area (Å²) in [6, 6.07) is 18.8. The average molecular weight is 390 g/mol. The Kier molecular flexibility index (Phi) is 5.79. The summed E-state index contributed by atoms with van der Waals surface area (Å²) in [6.07, 6.45) is 2.36. The van der Waals surface area contributed by atoms with Crippen LogP contribution in [0.1, 0.15) is 21.6 Å². The van der Waals surface area contributed by atoms with Crippen LogP contribution >= 0.6 is 0 Å². The fourth-order valence-corrected chi connectivity index (χ4v) is 3.29. The van der Waals surface area contributed by atoms with Gasteiger partial charge in [-0.3, -0.25) is 0 Å². The predicted octanol–water partition coefficient (Wildman–Crippen LogP) is 3.15. The first-order valence-corrected chi connectivity index (χ1v) is 9.52. The van der Waals surface area contributed by atoms with E-state index in [0.29, 0.717) is 25.6 Å². The van der Waals surface area contributed by atoms with Gasteiger partial charge >= 0.3 is 5.97 Å². The number of carboxylic acids is 1. The third-order valence-electron chi connectivity index (χ3n) is 4.75. The van der Waals surface area contributed by atoms with Crippen LogP contribution in [-0.2, 0) is 11.2 Å². The van der Waals surface area contributed by atoms with Crippen molar-refractivity contribution in [1.29, 1.82) is 0 Å². The van der Waals surface area contributed by atoms with Crippen LogP contribution in [0.3, 0.4) is 0 Å². The van der Waals surface area contributed by atoms with Crippen molar-refractivity contribution in [3.63, 3.8) is 0 Å². The first-order chi connectivity index (χ1) is 14.2. The zero-order valence-corrected chi connectivity index (χ0v) is 15.9. The van der Waals surface area contributed by atoms with E-state index in [1.165, 1.54) is 0 Å². The van der Waals surface area contributed by atoms with Crippen LogP contribution < -0.4 is 5.01 Å². The molecule has 2 heterocycles. The fraction of sp³-hybridized carbons (Fsp3) is 0.227. The molecule has 0 bridgehead atoms. The van der Waals surface area contributed by atoms with Crippen LogP contribution in [-0.4, -0.2) is 52.4 Å². The van der Waals surface area contributed by atoms with Gasteiger partial charge in [0.15, 0.2) is 0 Å². The molecule has 4 rings (SSSR count). The summed E-state index contributed by atoms with van der Waals surface area (Å²) in [5.41, 5.74) is 3.14. The van der Waals surface area contributed by atoms with Crippen LogP contribution in [0.2, 0.25) is 0 Å². The van der Waals surface area contributed by atoms with Crippen molar-refractivity contribution in [1.82, 2.24) is 15.0 Å². The normalized spacial score (nSPS) is 14.5. The van der Waals surface area contributed by atoms with E-state index < -0.39 is 5.97 Å². The fourth-order valence-electron chi connectivity index (χ4n) is 3.29. The summed E-state index contributed by atoms with van der Waals surface area (Å²) in [7, 11) is 0. The van der Waals surface area contributed by atoms with E-state index in [-0.39, 0.29) is 5.56 Å². The molecule has 0 saturated carbocycles. The number of morpholine rings is 1. The predicted molar refractivity (Wildman–Crippen MR) is 109 cm³/mol. The Labute approximate surface area is 169 Å². The minimum absolute atomic E-state index is 0.277. The summed E-state index contributed by atoms with van der Waals surface area (Å²) in [5, 5.41) is 13.3. The lowest BCUT2D eigenvalue weighted by Crippen LogP contribution is -2.47. The molecule has 1 aliphatic rings. The number of anilines is 2. The van der Waals surface area contributed by atoms with E-state index in [9.17, 15) is 4.79 Å². The molecular formula is C22H22N4O3. The lowest BCUT2D eigenvalue weighted by Gasteiger charge is -2.37. The molecule has 1 aliphatic heterocycles. The maximum absolute atomic E-state index is 11.0. The van der Waals surface area contributed by atoms with Gasteiger partial charge in [0.2, 0.25) is 5.95 Å². The van der Waals surface area contributed by atoms with E-state index in [2.05, 4.69) is 9.99 Å². The van der Waals surface area contributed by atoms with Crippen molar-refractivity contribution < 1.29 is 14.6 Å². The van der Waals surface area contributed by atoms with Crippen molar-refractivity contribution >= 4 is 17.6 Å². The SMILES string of the molecule is O=C(O)c1ccc(Cc2ccnc(N(c3ccccc3)N3CCOCC3)n2)cc1. The quantitative estimate of drug-likeness (QED) is 0.693. The average Bonchev–Trinajstić information content (AvgIpc) is 2.76. The highest BCUT2D eigenvalue weighted by atomic mass is 16.5. The van der Waals surface area contributed by atoms with E-state index in [1.807, 2.05) is 53.5 Å². The number of aromatic nitrogens is 2. The lowest BCUT2D eigenvalue weighted by atomic mass is 10.1. The molecule has 0 amide bonds. The van der Waals surface area contributed by atoms with E-state index in [4.69, 9.17) is 14.8 Å². The van der Waals surface area contributed by atoms with Gasteiger partial charge in [0, 0.05) is 25.7 Å². The molecule has 0 aliphatic carbocycles. The second-order valence-electron chi connectivity index (χ2n) is 6.74. The van der Waals surface area contributed by atoms with Crippen LogP contribution in [0.15, 0.2) is 66.9 Å². The highest BCUT2D eigenvalue weighted by molar-refractivity contribution is 5.87. The third-order valence-corrected chi connectivity index (χ3v) is 4.75. The molecule has 7 nitrogen and oxygen atoms in total. The Bertz CT molecular complexity index is 957. The molecule has 1 saturated heterocycles. The Morgan fingerprint density at radius 2 is 1.76 bits per heavy atom. The number of ether oxygens (including phenoxy) is 1. The van der Waals surface area contributed by atoms with Crippen LogP contribution in [0.25, 0.3) is 0 Å². The zero-order valence-electron chi connectivity index (χ0n) is 15.9. The monoisotopic (exact) mass is 390 g/mol. The van der Waals surface area contributed by atoms with Gasteiger partial charge < -0.3 is 9.84 Å². The molecule has 0 unspecified atom stereocenters. The summed E-state index contributed by atoms with van der Waals surface area (Å²) in [6.45, 7) is 2.86. The molecule has 2 aromatic carbocycles. The largest absolute Gasteiger partial charge is 0.478 e. The van der Waals surface area contributed by atoms with Gasteiger partial charge in [-0.25, -0.2) is 24.8 Å². The zero-order chi connectivity index (χ0) is 20.1. The molecular weight excluding hydrogens is 368 g/mol. The van der Waals surface area contributed by atoms with E-state index in [0.717, 1.165) is 30.0 Å². The second-order valence-corrected chi connectivity index (χ2v) is 6.74. The van der Waals surface area contributed by atoms with Crippen molar-refractivity contribution in [3.05, 3.63) is 83.7 Å². The Morgan fingerprint density at radius 3 is 2.45 bits per heavy atom. The number of hydrogen-bond acceptors (Lipinski definition) is 6. The van der Waals surface area contributed by atoms with E-state index >= 15 is 0 Å². The van der Waals surface area contributed by atoms with Gasteiger partial charge in [0.1, 0.15) is 0 Å². The molecule has 0 atom stereocenters. The number of nitrogens with zero attached hydrogens (tertiary/aromatic N) is 4. The van der Waals surface area contributed by atoms with Gasteiger partial charge in [-0.05, 0) is 35.9 Å². The highest BCUT2D eigenvalue weighted by Gasteiger charge is 2.23. The van der Waals surface area contributed by atoms with Gasteiger partial charge in [0.25, 0.3) is 0 Å². The summed E-state index contributed by atoms with van der Waals surface area (Å²) in [5.74, 6) is -0.317. The van der Waals surface area contributed by atoms with Gasteiger partial charge in [0.05, 0.1) is 30.2 Å². The minimum atomic E-state index is -0.926. The number of para-hydroxylation sites is 1. The number of benzene rings is 2. The van der Waals surface area contributed by atoms with Gasteiger partial charge in [-0.1, -0.05) is 30.3 Å². The molecule has 148 valence electrons. The molecule has 1 fully saturated rings. The number of hydrazine groups is 1. The molecule has 1 aromatic heterocycles. The number of carbonyl (C=O) groups is 1. The number of aromatic carboxylic acids is 1. The molecule has 1 N–H and O–H groups in total. The molecule has 29 heavy (non-hydrogen) atoms. The molecule has 0 spiro atoms. The lowest BCUT2D eigenvalue weighted by molar-refractivity contribution is 0.0371. The number of hydrogen-bond donors (Lipinski definition) is 1. The van der Waals surface area contributed by atoms with Gasteiger partial charge in [-0.15, -0.1) is 0 Å². The summed E-state index contributed by atoms with van der Waals surface area (Å²) in [4.78, 5) is 20.4. The van der Waals surface area contributed by atoms with Crippen molar-refractivity contribution in [2.24, 2.45) is 0 Å². The standard InChI is InChI=1S/C22H22N4O3/c27-21(28)18-8-6-17(7-9-18)16-19-10-11-23-22(24-19)26(20-4-2-1-3-5-20)25-12-14-29-15-13-25/h1-11H,12-16H2,(H,27,28). The van der Waals surface area contributed by atoms with Gasteiger partial charge in [-0.2, -0.15) is 0 Å². The second kappa shape index (κ2) is 8.81. The molecule has 7 heteroatoms.